The Labute approximate surface area is 209 Å². The Kier molecular flexibility index (Phi) is 8.91. The van der Waals surface area contributed by atoms with Crippen LogP contribution in [-0.4, -0.2) is 23.4 Å². The van der Waals surface area contributed by atoms with E-state index in [9.17, 15) is 5.11 Å². The van der Waals surface area contributed by atoms with Gasteiger partial charge in [0.05, 0.1) is 30.8 Å². The lowest BCUT2D eigenvalue weighted by atomic mass is 9.53. The number of nitriles is 1. The minimum atomic E-state index is -0.551. The molecule has 0 unspecified atom stereocenters. The summed E-state index contributed by atoms with van der Waals surface area (Å²) in [5, 5.41) is 18.9. The van der Waals surface area contributed by atoms with E-state index in [0.717, 1.165) is 38.0 Å². The average Bonchev–Trinajstić information content (AvgIpc) is 3.04. The number of rotatable bonds is 9. The van der Waals surface area contributed by atoms with Gasteiger partial charge in [-0.3, -0.25) is 0 Å². The number of hydrogen-bond acceptors (Lipinski definition) is 3. The molecule has 3 fully saturated rings. The number of aliphatic hydroxyl groups is 1. The number of ether oxygens (including phenoxy) is 1. The summed E-state index contributed by atoms with van der Waals surface area (Å²) in [4.78, 5) is 0. The highest BCUT2D eigenvalue weighted by Crippen LogP contribution is 2.67. The number of allylic oxidation sites excluding steroid dienone is 4. The first-order valence-electron chi connectivity index (χ1n) is 13.8. The molecule has 0 bridgehead atoms. The fourth-order valence-corrected chi connectivity index (χ4v) is 7.39. The summed E-state index contributed by atoms with van der Waals surface area (Å²) in [6.45, 7) is 16.3. The topological polar surface area (TPSA) is 53.2 Å². The van der Waals surface area contributed by atoms with E-state index < -0.39 is 5.60 Å². The monoisotopic (exact) mass is 467 g/mol. The minimum absolute atomic E-state index is 0.219. The van der Waals surface area contributed by atoms with Crippen molar-refractivity contribution >= 4 is 0 Å². The van der Waals surface area contributed by atoms with E-state index >= 15 is 0 Å². The second kappa shape index (κ2) is 11.1. The highest BCUT2D eigenvalue weighted by atomic mass is 16.5. The van der Waals surface area contributed by atoms with Crippen molar-refractivity contribution in [2.45, 2.75) is 123 Å². The Hall–Kier alpha value is -1.37. The molecule has 0 aromatic carbocycles. The van der Waals surface area contributed by atoms with E-state index in [1.807, 2.05) is 13.8 Å². The summed E-state index contributed by atoms with van der Waals surface area (Å²) in [6.07, 6.45) is 18.1. The van der Waals surface area contributed by atoms with Gasteiger partial charge in [0.1, 0.15) is 0 Å². The lowest BCUT2D eigenvalue weighted by Gasteiger charge is -2.51. The second-order valence-electron chi connectivity index (χ2n) is 12.6. The first-order valence-corrected chi connectivity index (χ1v) is 13.8. The number of hydrogen-bond donors (Lipinski definition) is 1. The zero-order valence-corrected chi connectivity index (χ0v) is 22.6. The third kappa shape index (κ3) is 6.06. The van der Waals surface area contributed by atoms with Gasteiger partial charge >= 0.3 is 0 Å². The standard InChI is InChI=1S/C31H49NO2/c1-23-12-15-27(34-21-9-20-32)22-25(23)13-14-26-11-8-18-31(6)28(16-19-30(26,31)5)24(2)10-7-17-29(3,4)33/h13-14,24,27-28,33H,1,7-12,15-19,21-22H2,2-6H3/b25-13+,26-14-/t24-,27+,28-,30+,31-/m1/s1. The molecule has 1 N–H and O–H groups in total. The second-order valence-corrected chi connectivity index (χ2v) is 12.6. The number of fused-ring (bicyclic) bond motifs is 1. The maximum Gasteiger partial charge on any atom is 0.0645 e. The molecule has 3 rings (SSSR count). The van der Waals surface area contributed by atoms with Crippen LogP contribution in [0.4, 0.5) is 0 Å². The molecule has 0 aliphatic heterocycles. The van der Waals surface area contributed by atoms with Crippen molar-refractivity contribution in [3.63, 3.8) is 0 Å². The lowest BCUT2D eigenvalue weighted by molar-refractivity contribution is 0.0299. The highest BCUT2D eigenvalue weighted by molar-refractivity contribution is 5.37. The summed E-state index contributed by atoms with van der Waals surface area (Å²) < 4.78 is 5.95. The highest BCUT2D eigenvalue weighted by Gasteiger charge is 2.57. The molecule has 0 aromatic heterocycles. The predicted molar refractivity (Wildman–Crippen MR) is 141 cm³/mol. The van der Waals surface area contributed by atoms with Crippen molar-refractivity contribution in [3.8, 4) is 6.07 Å². The van der Waals surface area contributed by atoms with Gasteiger partial charge in [-0.2, -0.15) is 5.26 Å². The lowest BCUT2D eigenvalue weighted by Crippen LogP contribution is -2.43. The Bertz CT molecular complexity index is 825. The molecule has 3 nitrogen and oxygen atoms in total. The first-order chi connectivity index (χ1) is 16.0. The quantitative estimate of drug-likeness (QED) is 0.349. The van der Waals surface area contributed by atoms with Crippen LogP contribution in [0.25, 0.3) is 0 Å². The third-order valence-electron chi connectivity index (χ3n) is 9.74. The van der Waals surface area contributed by atoms with Crippen molar-refractivity contribution in [2.75, 3.05) is 6.61 Å². The van der Waals surface area contributed by atoms with Gasteiger partial charge in [-0.1, -0.05) is 63.5 Å². The van der Waals surface area contributed by atoms with E-state index in [0.29, 0.717) is 24.4 Å². The maximum absolute atomic E-state index is 10.1. The molecule has 0 saturated heterocycles. The molecule has 3 aliphatic carbocycles. The van der Waals surface area contributed by atoms with Crippen molar-refractivity contribution in [3.05, 3.63) is 35.5 Å². The Balaban J connectivity index is 1.72. The van der Waals surface area contributed by atoms with Crippen molar-refractivity contribution in [2.24, 2.45) is 22.7 Å². The molecule has 3 aliphatic rings. The summed E-state index contributed by atoms with van der Waals surface area (Å²) >= 11 is 0. The van der Waals surface area contributed by atoms with Gasteiger partial charge < -0.3 is 9.84 Å². The molecule has 0 heterocycles. The first kappa shape index (κ1) is 27.2. The van der Waals surface area contributed by atoms with E-state index in [1.54, 1.807) is 5.57 Å². The van der Waals surface area contributed by atoms with Gasteiger partial charge in [-0.05, 0) is 99.9 Å². The summed E-state index contributed by atoms with van der Waals surface area (Å²) in [7, 11) is 0. The largest absolute Gasteiger partial charge is 0.390 e. The Morgan fingerprint density at radius 3 is 2.71 bits per heavy atom. The molecule has 3 saturated carbocycles. The van der Waals surface area contributed by atoms with Gasteiger partial charge in [0.15, 0.2) is 0 Å². The van der Waals surface area contributed by atoms with Gasteiger partial charge in [-0.25, -0.2) is 0 Å². The Morgan fingerprint density at radius 1 is 1.24 bits per heavy atom. The molecular formula is C31H49NO2. The smallest absolute Gasteiger partial charge is 0.0645 e. The molecule has 0 aromatic rings. The van der Waals surface area contributed by atoms with E-state index in [4.69, 9.17) is 10.00 Å². The van der Waals surface area contributed by atoms with Crippen LogP contribution in [0.3, 0.4) is 0 Å². The van der Waals surface area contributed by atoms with Crippen LogP contribution in [0.5, 0.6) is 0 Å². The van der Waals surface area contributed by atoms with Crippen LogP contribution in [0.1, 0.15) is 112 Å². The van der Waals surface area contributed by atoms with E-state index in [2.05, 4.69) is 45.6 Å². The fraction of sp³-hybridized carbons (Fsp3) is 0.774. The van der Waals surface area contributed by atoms with E-state index in [1.165, 1.54) is 49.7 Å². The normalized spacial score (nSPS) is 35.4. The van der Waals surface area contributed by atoms with Crippen LogP contribution in [0, 0.1) is 34.0 Å². The maximum atomic E-state index is 10.1. The molecule has 5 atom stereocenters. The third-order valence-corrected chi connectivity index (χ3v) is 9.74. The zero-order valence-electron chi connectivity index (χ0n) is 22.6. The molecule has 190 valence electrons. The van der Waals surface area contributed by atoms with Crippen LogP contribution in [0.2, 0.25) is 0 Å². The average molecular weight is 468 g/mol. The SMILES string of the molecule is C=C1CC[C@H](OCCC#N)C/C1=C\C=C1\CCC[C@]2(C)[C@@H]([C@H](C)CCCC(C)(C)O)CC[C@@]12C. The molecule has 0 spiro atoms. The van der Waals surface area contributed by atoms with Crippen molar-refractivity contribution < 1.29 is 9.84 Å². The van der Waals surface area contributed by atoms with Crippen LogP contribution < -0.4 is 0 Å². The molecule has 0 radical (unpaired) electrons. The summed E-state index contributed by atoms with van der Waals surface area (Å²) in [6, 6.07) is 2.18. The number of nitrogens with zero attached hydrogens (tertiary/aromatic N) is 1. The van der Waals surface area contributed by atoms with Crippen LogP contribution in [0.15, 0.2) is 35.5 Å². The molecule has 0 amide bonds. The van der Waals surface area contributed by atoms with E-state index in [-0.39, 0.29) is 11.5 Å². The fourth-order valence-electron chi connectivity index (χ4n) is 7.39. The molecular weight excluding hydrogens is 418 g/mol. The summed E-state index contributed by atoms with van der Waals surface area (Å²) in [5.41, 5.74) is 4.31. The van der Waals surface area contributed by atoms with Gasteiger partial charge in [0.2, 0.25) is 0 Å². The van der Waals surface area contributed by atoms with Crippen molar-refractivity contribution in [1.29, 1.82) is 5.26 Å². The molecule has 3 heteroatoms. The van der Waals surface area contributed by atoms with Crippen LogP contribution >= 0.6 is 0 Å². The van der Waals surface area contributed by atoms with Gasteiger partial charge in [-0.15, -0.1) is 0 Å². The zero-order chi connectivity index (χ0) is 25.0. The van der Waals surface area contributed by atoms with Gasteiger partial charge in [0.25, 0.3) is 0 Å². The minimum Gasteiger partial charge on any atom is -0.390 e. The predicted octanol–water partition coefficient (Wildman–Crippen LogP) is 8.06. The Morgan fingerprint density at radius 2 is 2.00 bits per heavy atom. The summed E-state index contributed by atoms with van der Waals surface area (Å²) in [5.74, 6) is 1.47. The van der Waals surface area contributed by atoms with Crippen molar-refractivity contribution in [1.82, 2.24) is 0 Å². The van der Waals surface area contributed by atoms with Crippen LogP contribution in [-0.2, 0) is 4.74 Å². The molecule has 34 heavy (non-hydrogen) atoms. The van der Waals surface area contributed by atoms with Gasteiger partial charge in [0, 0.05) is 0 Å².